The Balaban J connectivity index is 1.92. The molecule has 0 aromatic heterocycles. The van der Waals surface area contributed by atoms with Gasteiger partial charge >= 0.3 is 5.97 Å². The molecule has 1 fully saturated rings. The van der Waals surface area contributed by atoms with Crippen molar-refractivity contribution in [3.63, 3.8) is 0 Å². The van der Waals surface area contributed by atoms with Gasteiger partial charge in [0.05, 0.1) is 12.7 Å². The van der Waals surface area contributed by atoms with Crippen LogP contribution in [-0.2, 0) is 4.74 Å². The first kappa shape index (κ1) is 16.6. The highest BCUT2D eigenvalue weighted by Crippen LogP contribution is 2.50. The molecule has 6 rings (SSSR count). The standard InChI is InChI=1S/C26H21NO2/c1-29-26(28)23-18-11-4-2-3-10-17(18)22-19-12-6-5-9-16-15-20(27-13-7-8-14-27)24(21(16)19)25(22)23/h2-6,9-12,15H,7-8,13-14H2,1H3. The van der Waals surface area contributed by atoms with Gasteiger partial charge in [0, 0.05) is 29.5 Å². The second-order valence-electron chi connectivity index (χ2n) is 7.92. The Morgan fingerprint density at radius 2 is 1.48 bits per heavy atom. The highest BCUT2D eigenvalue weighted by Gasteiger charge is 2.28. The average molecular weight is 379 g/mol. The highest BCUT2D eigenvalue weighted by molar-refractivity contribution is 6.44. The molecule has 1 aliphatic rings. The zero-order valence-electron chi connectivity index (χ0n) is 16.4. The quantitative estimate of drug-likeness (QED) is 0.346. The van der Waals surface area contributed by atoms with Gasteiger partial charge < -0.3 is 9.64 Å². The summed E-state index contributed by atoms with van der Waals surface area (Å²) in [5, 5.41) is 9.23. The van der Waals surface area contributed by atoms with E-state index in [9.17, 15) is 4.79 Å². The number of methoxy groups -OCH3 is 1. The highest BCUT2D eigenvalue weighted by atomic mass is 16.5. The van der Waals surface area contributed by atoms with Crippen LogP contribution in [0.2, 0.25) is 0 Å². The number of nitrogens with zero attached hydrogens (tertiary/aromatic N) is 1. The van der Waals surface area contributed by atoms with Crippen LogP contribution in [0, 0.1) is 0 Å². The number of carbonyl (C=O) groups is 1. The Labute approximate surface area is 168 Å². The normalized spacial score (nSPS) is 14.6. The second-order valence-corrected chi connectivity index (χ2v) is 7.92. The SMILES string of the molecule is COC(=O)c1c2cccccc2c2c3ccccc4cc(N5CCCC5)c(c12)c43. The smallest absolute Gasteiger partial charge is 0.339 e. The van der Waals surface area contributed by atoms with Crippen LogP contribution < -0.4 is 4.90 Å². The van der Waals surface area contributed by atoms with Crippen molar-refractivity contribution >= 4 is 54.7 Å². The first-order chi connectivity index (χ1) is 14.3. The van der Waals surface area contributed by atoms with Crippen molar-refractivity contribution in [3.8, 4) is 0 Å². The van der Waals surface area contributed by atoms with Crippen molar-refractivity contribution in [2.75, 3.05) is 25.1 Å². The molecule has 5 aromatic carbocycles. The van der Waals surface area contributed by atoms with Crippen LogP contribution in [-0.4, -0.2) is 26.2 Å². The summed E-state index contributed by atoms with van der Waals surface area (Å²) in [4.78, 5) is 15.5. The maximum Gasteiger partial charge on any atom is 0.339 e. The Hall–Kier alpha value is -3.33. The molecule has 0 radical (unpaired) electrons. The molecule has 0 saturated carbocycles. The summed E-state index contributed by atoms with van der Waals surface area (Å²) in [7, 11) is 1.47. The molecule has 0 unspecified atom stereocenters. The third-order valence-electron chi connectivity index (χ3n) is 6.44. The Bertz CT molecular complexity index is 1410. The lowest BCUT2D eigenvalue weighted by Crippen LogP contribution is -2.16. The fraction of sp³-hybridized carbons (Fsp3) is 0.192. The third kappa shape index (κ3) is 2.16. The number of fused-ring (bicyclic) bond motifs is 5. The molecule has 0 spiro atoms. The van der Waals surface area contributed by atoms with Crippen LogP contribution in [0.5, 0.6) is 0 Å². The molecule has 1 heterocycles. The molecule has 5 aromatic rings. The lowest BCUT2D eigenvalue weighted by atomic mass is 10.1. The molecule has 0 atom stereocenters. The van der Waals surface area contributed by atoms with Crippen LogP contribution in [0.1, 0.15) is 23.2 Å². The summed E-state index contributed by atoms with van der Waals surface area (Å²) < 4.78 is 5.26. The Morgan fingerprint density at radius 1 is 0.793 bits per heavy atom. The monoisotopic (exact) mass is 379 g/mol. The van der Waals surface area contributed by atoms with E-state index in [1.807, 2.05) is 24.3 Å². The lowest BCUT2D eigenvalue weighted by molar-refractivity contribution is 0.0605. The predicted molar refractivity (Wildman–Crippen MR) is 120 cm³/mol. The van der Waals surface area contributed by atoms with Gasteiger partial charge in [-0.3, -0.25) is 0 Å². The summed E-state index contributed by atoms with van der Waals surface area (Å²) in [6.45, 7) is 2.14. The number of carbonyl (C=O) groups excluding carboxylic acids is 1. The van der Waals surface area contributed by atoms with Gasteiger partial charge in [-0.1, -0.05) is 54.6 Å². The fourth-order valence-corrected chi connectivity index (χ4v) is 5.27. The van der Waals surface area contributed by atoms with E-state index in [1.54, 1.807) is 0 Å². The minimum absolute atomic E-state index is 0.263. The van der Waals surface area contributed by atoms with Crippen molar-refractivity contribution in [2.45, 2.75) is 12.8 Å². The number of hydrogen-bond acceptors (Lipinski definition) is 3. The van der Waals surface area contributed by atoms with Gasteiger partial charge in [-0.25, -0.2) is 4.79 Å². The number of hydrogen-bond donors (Lipinski definition) is 0. The number of ether oxygens (including phenoxy) is 1. The molecule has 3 heteroatoms. The first-order valence-electron chi connectivity index (χ1n) is 10.2. The van der Waals surface area contributed by atoms with E-state index in [2.05, 4.69) is 41.3 Å². The largest absolute Gasteiger partial charge is 0.465 e. The summed E-state index contributed by atoms with van der Waals surface area (Å²) in [6, 6.07) is 21.1. The molecular weight excluding hydrogens is 358 g/mol. The zero-order chi connectivity index (χ0) is 19.5. The minimum Gasteiger partial charge on any atom is -0.465 e. The topological polar surface area (TPSA) is 29.5 Å². The van der Waals surface area contributed by atoms with Crippen molar-refractivity contribution in [1.82, 2.24) is 0 Å². The molecular formula is C26H21NO2. The van der Waals surface area contributed by atoms with E-state index in [0.717, 1.165) is 29.2 Å². The average Bonchev–Trinajstić information content (AvgIpc) is 3.43. The van der Waals surface area contributed by atoms with Gasteiger partial charge in [0.25, 0.3) is 0 Å². The van der Waals surface area contributed by atoms with Crippen LogP contribution in [0.4, 0.5) is 5.69 Å². The molecule has 1 saturated heterocycles. The van der Waals surface area contributed by atoms with Crippen molar-refractivity contribution < 1.29 is 9.53 Å². The van der Waals surface area contributed by atoms with Gasteiger partial charge in [0.15, 0.2) is 0 Å². The molecule has 0 amide bonds. The van der Waals surface area contributed by atoms with Gasteiger partial charge in [-0.05, 0) is 51.2 Å². The lowest BCUT2D eigenvalue weighted by Gasteiger charge is -2.16. The number of rotatable bonds is 2. The second kappa shape index (κ2) is 6.08. The fourth-order valence-electron chi connectivity index (χ4n) is 5.27. The molecule has 0 N–H and O–H groups in total. The number of esters is 1. The summed E-state index contributed by atoms with van der Waals surface area (Å²) in [5.74, 6) is -0.263. The van der Waals surface area contributed by atoms with Crippen LogP contribution in [0.15, 0.2) is 60.7 Å². The molecule has 0 aliphatic carbocycles. The van der Waals surface area contributed by atoms with E-state index in [4.69, 9.17) is 4.74 Å². The predicted octanol–water partition coefficient (Wildman–Crippen LogP) is 6.12. The molecule has 1 aliphatic heterocycles. The van der Waals surface area contributed by atoms with Crippen molar-refractivity contribution in [3.05, 3.63) is 66.2 Å². The number of anilines is 1. The molecule has 29 heavy (non-hydrogen) atoms. The molecule has 142 valence electrons. The zero-order valence-corrected chi connectivity index (χ0v) is 16.4. The van der Waals surface area contributed by atoms with Crippen molar-refractivity contribution in [1.29, 1.82) is 0 Å². The summed E-state index contributed by atoms with van der Waals surface area (Å²) in [5.41, 5.74) is 1.95. The maximum atomic E-state index is 13.0. The van der Waals surface area contributed by atoms with Crippen LogP contribution in [0.3, 0.4) is 0 Å². The Morgan fingerprint density at radius 3 is 2.28 bits per heavy atom. The van der Waals surface area contributed by atoms with E-state index < -0.39 is 0 Å². The van der Waals surface area contributed by atoms with E-state index in [0.29, 0.717) is 5.56 Å². The van der Waals surface area contributed by atoms with E-state index >= 15 is 0 Å². The molecule has 3 nitrogen and oxygen atoms in total. The van der Waals surface area contributed by atoms with Gasteiger partial charge in [-0.2, -0.15) is 0 Å². The van der Waals surface area contributed by atoms with Gasteiger partial charge in [-0.15, -0.1) is 0 Å². The van der Waals surface area contributed by atoms with Gasteiger partial charge in [0.1, 0.15) is 0 Å². The summed E-state index contributed by atoms with van der Waals surface area (Å²) >= 11 is 0. The minimum atomic E-state index is -0.263. The van der Waals surface area contributed by atoms with Crippen molar-refractivity contribution in [2.24, 2.45) is 0 Å². The third-order valence-corrected chi connectivity index (χ3v) is 6.44. The van der Waals surface area contributed by atoms with Crippen LogP contribution >= 0.6 is 0 Å². The summed E-state index contributed by atoms with van der Waals surface area (Å²) in [6.07, 6.45) is 2.44. The Kier molecular flexibility index (Phi) is 3.48. The first-order valence-corrected chi connectivity index (χ1v) is 10.2. The van der Waals surface area contributed by atoms with E-state index in [1.165, 1.54) is 52.6 Å². The van der Waals surface area contributed by atoms with E-state index in [-0.39, 0.29) is 5.97 Å². The molecule has 0 bridgehead atoms. The van der Waals surface area contributed by atoms with Gasteiger partial charge in [0.2, 0.25) is 0 Å². The van der Waals surface area contributed by atoms with Crippen LogP contribution in [0.25, 0.3) is 43.1 Å². The maximum absolute atomic E-state index is 13.0.